The Kier molecular flexibility index (Phi) is 4.35. The predicted molar refractivity (Wildman–Crippen MR) is 77.5 cm³/mol. The fourth-order valence-electron chi connectivity index (χ4n) is 2.35. The van der Waals surface area contributed by atoms with Crippen molar-refractivity contribution in [1.29, 1.82) is 0 Å². The van der Waals surface area contributed by atoms with Gasteiger partial charge in [0.2, 0.25) is 0 Å². The zero-order valence-corrected chi connectivity index (χ0v) is 12.5. The lowest BCUT2D eigenvalue weighted by Gasteiger charge is -2.22. The normalized spacial score (nSPS) is 20.9. The molecule has 2 N–H and O–H groups in total. The summed E-state index contributed by atoms with van der Waals surface area (Å²) < 4.78 is 5.34. The zero-order valence-electron chi connectivity index (χ0n) is 12.5. The van der Waals surface area contributed by atoms with Gasteiger partial charge in [0.1, 0.15) is 11.3 Å². The molecule has 1 saturated heterocycles. The molecule has 22 heavy (non-hydrogen) atoms. The number of urea groups is 1. The smallest absolute Gasteiger partial charge is 0.325 e. The predicted octanol–water partition coefficient (Wildman–Crippen LogP) is 1.33. The molecule has 0 aliphatic carbocycles. The van der Waals surface area contributed by atoms with Crippen LogP contribution in [0.4, 0.5) is 4.79 Å². The molecule has 0 aromatic heterocycles. The van der Waals surface area contributed by atoms with E-state index in [2.05, 4.69) is 5.32 Å². The Labute approximate surface area is 127 Å². The molecule has 1 fully saturated rings. The Hall–Kier alpha value is -2.57. The molecule has 7 nitrogen and oxygen atoms in total. The second-order valence-electron chi connectivity index (χ2n) is 5.11. The standard InChI is InChI=1S/C15H18N2O5/c1-3-22-11-6-4-10(5-7-11)15(2)13(20)17(14(21)16-15)9-8-12(18)19/h4-7H,3,8-9H2,1-2H3,(H,16,21)(H,18,19). The fraction of sp³-hybridized carbons (Fsp3) is 0.400. The SMILES string of the molecule is CCOc1ccc(C2(C)NC(=O)N(CCC(=O)O)C2=O)cc1. The number of nitrogens with one attached hydrogen (secondary N) is 1. The Morgan fingerprint density at radius 3 is 2.50 bits per heavy atom. The highest BCUT2D eigenvalue weighted by molar-refractivity contribution is 6.07. The Bertz CT molecular complexity index is 598. The van der Waals surface area contributed by atoms with Crippen molar-refractivity contribution in [1.82, 2.24) is 10.2 Å². The van der Waals surface area contributed by atoms with E-state index >= 15 is 0 Å². The topological polar surface area (TPSA) is 95.9 Å². The minimum atomic E-state index is -1.19. The van der Waals surface area contributed by atoms with Crippen molar-refractivity contribution < 1.29 is 24.2 Å². The van der Waals surface area contributed by atoms with E-state index in [1.165, 1.54) is 0 Å². The summed E-state index contributed by atoms with van der Waals surface area (Å²) in [6, 6.07) is 6.29. The van der Waals surface area contributed by atoms with E-state index in [0.717, 1.165) is 4.90 Å². The quantitative estimate of drug-likeness (QED) is 0.773. The lowest BCUT2D eigenvalue weighted by atomic mass is 9.92. The van der Waals surface area contributed by atoms with E-state index < -0.39 is 23.4 Å². The van der Waals surface area contributed by atoms with Crippen LogP contribution in [-0.4, -0.2) is 41.1 Å². The first-order valence-corrected chi connectivity index (χ1v) is 6.97. The number of aliphatic carboxylic acids is 1. The summed E-state index contributed by atoms with van der Waals surface area (Å²) in [6.45, 7) is 3.86. The summed E-state index contributed by atoms with van der Waals surface area (Å²) in [7, 11) is 0. The molecular formula is C15H18N2O5. The first kappa shape index (κ1) is 15.8. The summed E-state index contributed by atoms with van der Waals surface area (Å²) >= 11 is 0. The molecule has 0 saturated carbocycles. The molecule has 3 amide bonds. The van der Waals surface area contributed by atoms with Gasteiger partial charge in [0, 0.05) is 6.54 Å². The summed E-state index contributed by atoms with van der Waals surface area (Å²) in [6.07, 6.45) is -0.279. The maximum absolute atomic E-state index is 12.5. The van der Waals surface area contributed by atoms with Crippen LogP contribution in [0.15, 0.2) is 24.3 Å². The molecular weight excluding hydrogens is 288 g/mol. The average molecular weight is 306 g/mol. The molecule has 2 rings (SSSR count). The number of carbonyl (C=O) groups excluding carboxylic acids is 2. The van der Waals surface area contributed by atoms with Gasteiger partial charge in [0.15, 0.2) is 0 Å². The number of hydrogen-bond donors (Lipinski definition) is 2. The Morgan fingerprint density at radius 2 is 1.95 bits per heavy atom. The minimum Gasteiger partial charge on any atom is -0.494 e. The van der Waals surface area contributed by atoms with Crippen molar-refractivity contribution in [3.63, 3.8) is 0 Å². The molecule has 1 aromatic carbocycles. The third-order valence-electron chi connectivity index (χ3n) is 3.57. The first-order chi connectivity index (χ1) is 10.4. The number of carboxylic acid groups (broad SMARTS) is 1. The molecule has 1 aliphatic rings. The van der Waals surface area contributed by atoms with Crippen molar-refractivity contribution in [2.45, 2.75) is 25.8 Å². The van der Waals surface area contributed by atoms with E-state index in [1.54, 1.807) is 31.2 Å². The van der Waals surface area contributed by atoms with Gasteiger partial charge in [-0.1, -0.05) is 12.1 Å². The highest BCUT2D eigenvalue weighted by Crippen LogP contribution is 2.30. The summed E-state index contributed by atoms with van der Waals surface area (Å²) in [5.74, 6) is -0.840. The van der Waals surface area contributed by atoms with Crippen LogP contribution in [0.1, 0.15) is 25.8 Å². The van der Waals surface area contributed by atoms with Gasteiger partial charge in [-0.2, -0.15) is 0 Å². The molecule has 0 radical (unpaired) electrons. The first-order valence-electron chi connectivity index (χ1n) is 6.97. The van der Waals surface area contributed by atoms with Gasteiger partial charge in [0.05, 0.1) is 13.0 Å². The highest BCUT2D eigenvalue weighted by atomic mass is 16.5. The van der Waals surface area contributed by atoms with Crippen molar-refractivity contribution in [2.24, 2.45) is 0 Å². The van der Waals surface area contributed by atoms with Crippen LogP contribution in [0.3, 0.4) is 0 Å². The summed E-state index contributed by atoms with van der Waals surface area (Å²) in [5.41, 5.74) is -0.576. The molecule has 1 aromatic rings. The highest BCUT2D eigenvalue weighted by Gasteiger charge is 2.48. The number of ether oxygens (including phenoxy) is 1. The van der Waals surface area contributed by atoms with Gasteiger partial charge in [-0.25, -0.2) is 4.79 Å². The third-order valence-corrected chi connectivity index (χ3v) is 3.57. The fourth-order valence-corrected chi connectivity index (χ4v) is 2.35. The maximum atomic E-state index is 12.5. The van der Waals surface area contributed by atoms with Gasteiger partial charge in [0.25, 0.3) is 5.91 Å². The number of imide groups is 1. The van der Waals surface area contributed by atoms with Crippen molar-refractivity contribution in [3.8, 4) is 5.75 Å². The number of carbonyl (C=O) groups is 3. The van der Waals surface area contributed by atoms with Crippen molar-refractivity contribution in [3.05, 3.63) is 29.8 Å². The van der Waals surface area contributed by atoms with E-state index in [-0.39, 0.29) is 13.0 Å². The average Bonchev–Trinajstić information content (AvgIpc) is 2.69. The van der Waals surface area contributed by atoms with Crippen LogP contribution in [0.2, 0.25) is 0 Å². The second kappa shape index (κ2) is 6.05. The molecule has 1 aliphatic heterocycles. The summed E-state index contributed by atoms with van der Waals surface area (Å²) in [4.78, 5) is 36.0. The number of hydrogen-bond acceptors (Lipinski definition) is 4. The van der Waals surface area contributed by atoms with E-state index in [1.807, 2.05) is 6.92 Å². The number of rotatable bonds is 6. The van der Waals surface area contributed by atoms with E-state index in [0.29, 0.717) is 17.9 Å². The second-order valence-corrected chi connectivity index (χ2v) is 5.11. The lowest BCUT2D eigenvalue weighted by Crippen LogP contribution is -2.41. The van der Waals surface area contributed by atoms with Gasteiger partial charge < -0.3 is 15.2 Å². The van der Waals surface area contributed by atoms with Crippen molar-refractivity contribution in [2.75, 3.05) is 13.2 Å². The lowest BCUT2D eigenvalue weighted by molar-refractivity contribution is -0.138. The minimum absolute atomic E-state index is 0.146. The Balaban J connectivity index is 2.20. The monoisotopic (exact) mass is 306 g/mol. The molecule has 1 atom stereocenters. The van der Waals surface area contributed by atoms with Crippen LogP contribution in [0.25, 0.3) is 0 Å². The largest absolute Gasteiger partial charge is 0.494 e. The van der Waals surface area contributed by atoms with E-state index in [4.69, 9.17) is 9.84 Å². The van der Waals surface area contributed by atoms with Crippen molar-refractivity contribution >= 4 is 17.9 Å². The van der Waals surface area contributed by atoms with Gasteiger partial charge in [-0.05, 0) is 31.5 Å². The number of nitrogens with zero attached hydrogens (tertiary/aromatic N) is 1. The Morgan fingerprint density at radius 1 is 1.32 bits per heavy atom. The van der Waals surface area contributed by atoms with E-state index in [9.17, 15) is 14.4 Å². The van der Waals surface area contributed by atoms with Crippen LogP contribution in [0, 0.1) is 0 Å². The number of carboxylic acids is 1. The molecule has 0 spiro atoms. The maximum Gasteiger partial charge on any atom is 0.325 e. The van der Waals surface area contributed by atoms with Crippen LogP contribution >= 0.6 is 0 Å². The van der Waals surface area contributed by atoms with Gasteiger partial charge in [-0.15, -0.1) is 0 Å². The number of benzene rings is 1. The van der Waals surface area contributed by atoms with Gasteiger partial charge >= 0.3 is 12.0 Å². The number of amides is 3. The van der Waals surface area contributed by atoms with Crippen LogP contribution < -0.4 is 10.1 Å². The molecule has 0 bridgehead atoms. The zero-order chi connectivity index (χ0) is 16.3. The molecule has 118 valence electrons. The van der Waals surface area contributed by atoms with Crippen LogP contribution in [-0.2, 0) is 15.1 Å². The molecule has 7 heteroatoms. The third kappa shape index (κ3) is 2.88. The summed E-state index contributed by atoms with van der Waals surface area (Å²) in [5, 5.41) is 11.3. The van der Waals surface area contributed by atoms with Crippen LogP contribution in [0.5, 0.6) is 5.75 Å². The van der Waals surface area contributed by atoms with Gasteiger partial charge in [-0.3, -0.25) is 14.5 Å². The molecule has 1 heterocycles. The molecule has 1 unspecified atom stereocenters.